The predicted molar refractivity (Wildman–Crippen MR) is 68.5 cm³/mol. The second-order valence-corrected chi connectivity index (χ2v) is 4.48. The Hall–Kier alpha value is -1.71. The molecular formula is C13H18N2O2. The van der Waals surface area contributed by atoms with Crippen molar-refractivity contribution in [2.24, 2.45) is 0 Å². The number of hydrogen-bond donors (Lipinski definition) is 2. The molecule has 2 rings (SSSR count). The Morgan fingerprint density at radius 3 is 2.41 bits per heavy atom. The molecule has 0 amide bonds. The van der Waals surface area contributed by atoms with Gasteiger partial charge in [0.15, 0.2) is 0 Å². The van der Waals surface area contributed by atoms with Gasteiger partial charge in [0.1, 0.15) is 0 Å². The SMILES string of the molecule is Nc1ccc(N2CCCCCC2)cc1C(=O)O. The molecule has 1 aliphatic heterocycles. The lowest BCUT2D eigenvalue weighted by atomic mass is 10.1. The van der Waals surface area contributed by atoms with Gasteiger partial charge in [-0.3, -0.25) is 0 Å². The van der Waals surface area contributed by atoms with E-state index in [2.05, 4.69) is 4.90 Å². The number of rotatable bonds is 2. The lowest BCUT2D eigenvalue weighted by Gasteiger charge is -2.23. The third kappa shape index (κ3) is 2.70. The number of aromatic carboxylic acids is 1. The van der Waals surface area contributed by atoms with Crippen LogP contribution in [-0.4, -0.2) is 24.2 Å². The molecule has 0 radical (unpaired) electrons. The largest absolute Gasteiger partial charge is 0.478 e. The highest BCUT2D eigenvalue weighted by Crippen LogP contribution is 2.23. The monoisotopic (exact) mass is 234 g/mol. The van der Waals surface area contributed by atoms with E-state index in [0.29, 0.717) is 5.69 Å². The van der Waals surface area contributed by atoms with E-state index in [1.165, 1.54) is 25.7 Å². The highest BCUT2D eigenvalue weighted by molar-refractivity contribution is 5.94. The number of nitrogens with two attached hydrogens (primary N) is 1. The molecule has 1 heterocycles. The summed E-state index contributed by atoms with van der Waals surface area (Å²) in [5.74, 6) is -0.959. The molecule has 0 aliphatic carbocycles. The van der Waals surface area contributed by atoms with Crippen molar-refractivity contribution in [1.82, 2.24) is 0 Å². The van der Waals surface area contributed by atoms with Gasteiger partial charge in [-0.15, -0.1) is 0 Å². The van der Waals surface area contributed by atoms with Crippen LogP contribution in [0.2, 0.25) is 0 Å². The molecule has 1 aromatic carbocycles. The van der Waals surface area contributed by atoms with Crippen LogP contribution in [0.3, 0.4) is 0 Å². The topological polar surface area (TPSA) is 66.6 Å². The standard InChI is InChI=1S/C13H18N2O2/c14-12-6-5-10(9-11(12)13(16)17)15-7-3-1-2-4-8-15/h5-6,9H,1-4,7-8,14H2,(H,16,17). The van der Waals surface area contributed by atoms with Gasteiger partial charge >= 0.3 is 5.97 Å². The second kappa shape index (κ2) is 5.08. The van der Waals surface area contributed by atoms with Crippen molar-refractivity contribution in [1.29, 1.82) is 0 Å². The van der Waals surface area contributed by atoms with Gasteiger partial charge in [0.2, 0.25) is 0 Å². The first-order valence-corrected chi connectivity index (χ1v) is 6.06. The highest BCUT2D eigenvalue weighted by Gasteiger charge is 2.14. The van der Waals surface area contributed by atoms with Crippen LogP contribution in [0.5, 0.6) is 0 Å². The van der Waals surface area contributed by atoms with E-state index in [4.69, 9.17) is 10.8 Å². The zero-order chi connectivity index (χ0) is 12.3. The molecule has 4 nitrogen and oxygen atoms in total. The number of carboxylic acids is 1. The minimum Gasteiger partial charge on any atom is -0.478 e. The smallest absolute Gasteiger partial charge is 0.337 e. The Bertz CT molecular complexity index is 410. The van der Waals surface area contributed by atoms with Crippen LogP contribution in [0, 0.1) is 0 Å². The van der Waals surface area contributed by atoms with Gasteiger partial charge in [-0.1, -0.05) is 12.8 Å². The van der Waals surface area contributed by atoms with Crippen LogP contribution >= 0.6 is 0 Å². The summed E-state index contributed by atoms with van der Waals surface area (Å²) in [6.07, 6.45) is 4.87. The van der Waals surface area contributed by atoms with Gasteiger partial charge in [0.25, 0.3) is 0 Å². The Kier molecular flexibility index (Phi) is 3.52. The lowest BCUT2D eigenvalue weighted by Crippen LogP contribution is -2.24. The average molecular weight is 234 g/mol. The molecule has 0 saturated carbocycles. The zero-order valence-corrected chi connectivity index (χ0v) is 9.85. The molecule has 92 valence electrons. The molecular weight excluding hydrogens is 216 g/mol. The molecule has 1 aliphatic rings. The minimum atomic E-state index is -0.959. The number of nitrogens with zero attached hydrogens (tertiary/aromatic N) is 1. The maximum atomic E-state index is 11.0. The summed E-state index contributed by atoms with van der Waals surface area (Å²) in [6, 6.07) is 5.28. The molecule has 0 aromatic heterocycles. The van der Waals surface area contributed by atoms with E-state index in [0.717, 1.165) is 18.8 Å². The van der Waals surface area contributed by atoms with E-state index in [1.807, 2.05) is 6.07 Å². The molecule has 1 fully saturated rings. The first kappa shape index (κ1) is 11.8. The first-order valence-electron chi connectivity index (χ1n) is 6.06. The summed E-state index contributed by atoms with van der Waals surface area (Å²) in [6.45, 7) is 2.01. The van der Waals surface area contributed by atoms with Gasteiger partial charge in [0, 0.05) is 24.5 Å². The molecule has 4 heteroatoms. The van der Waals surface area contributed by atoms with Crippen LogP contribution in [-0.2, 0) is 0 Å². The highest BCUT2D eigenvalue weighted by atomic mass is 16.4. The van der Waals surface area contributed by atoms with Gasteiger partial charge in [0.05, 0.1) is 5.56 Å². The fourth-order valence-electron chi connectivity index (χ4n) is 2.26. The zero-order valence-electron chi connectivity index (χ0n) is 9.85. The van der Waals surface area contributed by atoms with E-state index >= 15 is 0 Å². The van der Waals surface area contributed by atoms with Crippen molar-refractivity contribution in [2.75, 3.05) is 23.7 Å². The summed E-state index contributed by atoms with van der Waals surface area (Å²) < 4.78 is 0. The van der Waals surface area contributed by atoms with Crippen LogP contribution in [0.15, 0.2) is 18.2 Å². The van der Waals surface area contributed by atoms with Gasteiger partial charge in [-0.2, -0.15) is 0 Å². The Morgan fingerprint density at radius 2 is 1.82 bits per heavy atom. The van der Waals surface area contributed by atoms with E-state index in [9.17, 15) is 4.79 Å². The van der Waals surface area contributed by atoms with Gasteiger partial charge in [-0.25, -0.2) is 4.79 Å². The van der Waals surface area contributed by atoms with Crippen molar-refractivity contribution in [3.8, 4) is 0 Å². The van der Waals surface area contributed by atoms with Gasteiger partial charge < -0.3 is 15.7 Å². The summed E-state index contributed by atoms with van der Waals surface area (Å²) >= 11 is 0. The molecule has 0 spiro atoms. The lowest BCUT2D eigenvalue weighted by molar-refractivity contribution is 0.0698. The molecule has 1 saturated heterocycles. The maximum Gasteiger partial charge on any atom is 0.337 e. The minimum absolute atomic E-state index is 0.201. The normalized spacial score (nSPS) is 16.6. The van der Waals surface area contributed by atoms with E-state index in [1.54, 1.807) is 12.1 Å². The average Bonchev–Trinajstić information content (AvgIpc) is 2.58. The maximum absolute atomic E-state index is 11.0. The number of hydrogen-bond acceptors (Lipinski definition) is 3. The molecule has 17 heavy (non-hydrogen) atoms. The molecule has 0 atom stereocenters. The molecule has 3 N–H and O–H groups in total. The van der Waals surface area contributed by atoms with E-state index < -0.39 is 5.97 Å². The number of nitrogen functional groups attached to an aromatic ring is 1. The molecule has 1 aromatic rings. The van der Waals surface area contributed by atoms with Crippen LogP contribution in [0.4, 0.5) is 11.4 Å². The summed E-state index contributed by atoms with van der Waals surface area (Å²) in [5.41, 5.74) is 7.15. The van der Waals surface area contributed by atoms with Crippen LogP contribution in [0.1, 0.15) is 36.0 Å². The van der Waals surface area contributed by atoms with Crippen LogP contribution in [0.25, 0.3) is 0 Å². The quantitative estimate of drug-likeness (QED) is 0.771. The Morgan fingerprint density at radius 1 is 1.18 bits per heavy atom. The number of carbonyl (C=O) groups is 1. The molecule has 0 bridgehead atoms. The van der Waals surface area contributed by atoms with E-state index in [-0.39, 0.29) is 5.56 Å². The number of carboxylic acid groups (broad SMARTS) is 1. The first-order chi connectivity index (χ1) is 8.18. The second-order valence-electron chi connectivity index (χ2n) is 4.48. The van der Waals surface area contributed by atoms with Gasteiger partial charge in [-0.05, 0) is 31.0 Å². The fourth-order valence-corrected chi connectivity index (χ4v) is 2.26. The fraction of sp³-hybridized carbons (Fsp3) is 0.462. The predicted octanol–water partition coefficient (Wildman–Crippen LogP) is 2.35. The third-order valence-corrected chi connectivity index (χ3v) is 3.24. The summed E-state index contributed by atoms with van der Waals surface area (Å²) in [7, 11) is 0. The number of benzene rings is 1. The Balaban J connectivity index is 2.25. The summed E-state index contributed by atoms with van der Waals surface area (Å²) in [5, 5.41) is 9.05. The Labute approximate surface area is 101 Å². The van der Waals surface area contributed by atoms with Crippen molar-refractivity contribution in [2.45, 2.75) is 25.7 Å². The summed E-state index contributed by atoms with van der Waals surface area (Å²) in [4.78, 5) is 13.3. The van der Waals surface area contributed by atoms with Crippen molar-refractivity contribution in [3.63, 3.8) is 0 Å². The number of anilines is 2. The van der Waals surface area contributed by atoms with Crippen molar-refractivity contribution in [3.05, 3.63) is 23.8 Å². The van der Waals surface area contributed by atoms with Crippen molar-refractivity contribution < 1.29 is 9.90 Å². The van der Waals surface area contributed by atoms with Crippen LogP contribution < -0.4 is 10.6 Å². The third-order valence-electron chi connectivity index (χ3n) is 3.24. The molecule has 0 unspecified atom stereocenters. The van der Waals surface area contributed by atoms with Crippen molar-refractivity contribution >= 4 is 17.3 Å².